The fourth-order valence-electron chi connectivity index (χ4n) is 4.81. The minimum atomic E-state index is -1.17. The number of ether oxygens (including phenoxy) is 1. The van der Waals surface area contributed by atoms with Crippen molar-refractivity contribution in [2.75, 3.05) is 13.1 Å². The largest absolute Gasteiger partial charge is 0.444 e. The highest BCUT2D eigenvalue weighted by molar-refractivity contribution is 6.38. The summed E-state index contributed by atoms with van der Waals surface area (Å²) in [4.78, 5) is 79.2. The summed E-state index contributed by atoms with van der Waals surface area (Å²) in [6.45, 7) is 14.2. The molecule has 0 aromatic heterocycles. The summed E-state index contributed by atoms with van der Waals surface area (Å²) in [5.74, 6) is -3.10. The summed E-state index contributed by atoms with van der Waals surface area (Å²) in [6, 6.07) is 6.40. The number of benzene rings is 1. The topological polar surface area (TPSA) is 151 Å². The Labute approximate surface area is 260 Å². The highest BCUT2D eigenvalue weighted by Crippen LogP contribution is 2.26. The quantitative estimate of drug-likeness (QED) is 0.216. The lowest BCUT2D eigenvalue weighted by molar-refractivity contribution is -0.144. The van der Waals surface area contributed by atoms with Crippen LogP contribution in [-0.4, -0.2) is 77.1 Å². The second kappa shape index (κ2) is 16.2. The summed E-state index contributed by atoms with van der Waals surface area (Å²) in [7, 11) is 0. The number of amides is 4. The third-order valence-corrected chi connectivity index (χ3v) is 7.11. The molecule has 1 aromatic rings. The maximum absolute atomic E-state index is 13.7. The molecular formula is C33H48N4O7. The molecule has 3 atom stereocenters. The summed E-state index contributed by atoms with van der Waals surface area (Å²) < 4.78 is 5.35. The molecule has 11 heteroatoms. The molecule has 3 N–H and O–H groups in total. The van der Waals surface area contributed by atoms with E-state index in [0.29, 0.717) is 25.7 Å². The Morgan fingerprint density at radius 3 is 2.27 bits per heavy atom. The molecule has 0 saturated carbocycles. The van der Waals surface area contributed by atoms with Crippen molar-refractivity contribution in [3.05, 3.63) is 48.6 Å². The Balaban J connectivity index is 2.06. The van der Waals surface area contributed by atoms with Gasteiger partial charge in [-0.15, -0.1) is 6.58 Å². The van der Waals surface area contributed by atoms with Crippen molar-refractivity contribution >= 4 is 35.4 Å². The van der Waals surface area contributed by atoms with Crippen LogP contribution >= 0.6 is 0 Å². The van der Waals surface area contributed by atoms with E-state index in [1.54, 1.807) is 47.6 Å². The predicted molar refractivity (Wildman–Crippen MR) is 166 cm³/mol. The molecule has 0 bridgehead atoms. The monoisotopic (exact) mass is 612 g/mol. The number of hydrogen-bond donors (Lipinski definition) is 3. The molecule has 0 aliphatic carbocycles. The first-order chi connectivity index (χ1) is 20.5. The lowest BCUT2D eigenvalue weighted by Gasteiger charge is -2.36. The SMILES string of the molecule is C=CCCC(NC(=O)[C@@H]1CCCN1C(=O)[C@@H](NC(=O)OC(C)(C)C)C(C)(C)C)C(=O)C(=O)NCC(=O)CCc1ccccc1. The van der Waals surface area contributed by atoms with Gasteiger partial charge in [-0.2, -0.15) is 0 Å². The maximum atomic E-state index is 13.7. The number of allylic oxidation sites excluding steroid dienone is 1. The zero-order valence-electron chi connectivity index (χ0n) is 26.9. The number of nitrogens with one attached hydrogen (secondary N) is 3. The van der Waals surface area contributed by atoms with E-state index >= 15 is 0 Å². The molecule has 242 valence electrons. The number of nitrogens with zero attached hydrogens (tertiary/aromatic N) is 1. The van der Waals surface area contributed by atoms with Crippen molar-refractivity contribution in [1.29, 1.82) is 0 Å². The van der Waals surface area contributed by atoms with Gasteiger partial charge in [0, 0.05) is 13.0 Å². The van der Waals surface area contributed by atoms with Gasteiger partial charge in [-0.05, 0) is 63.9 Å². The molecule has 11 nitrogen and oxygen atoms in total. The maximum Gasteiger partial charge on any atom is 0.408 e. The van der Waals surface area contributed by atoms with Crippen LogP contribution in [0, 0.1) is 5.41 Å². The molecule has 44 heavy (non-hydrogen) atoms. The zero-order valence-corrected chi connectivity index (χ0v) is 26.9. The number of rotatable bonds is 14. The average Bonchev–Trinajstić information content (AvgIpc) is 3.44. The second-order valence-electron chi connectivity index (χ2n) is 13.1. The van der Waals surface area contributed by atoms with Crippen LogP contribution < -0.4 is 16.0 Å². The van der Waals surface area contributed by atoms with Gasteiger partial charge in [0.25, 0.3) is 5.91 Å². The van der Waals surface area contributed by atoms with E-state index in [9.17, 15) is 28.8 Å². The van der Waals surface area contributed by atoms with Crippen molar-refractivity contribution in [2.45, 2.75) is 104 Å². The fourth-order valence-corrected chi connectivity index (χ4v) is 4.81. The number of ketones is 2. The smallest absolute Gasteiger partial charge is 0.408 e. The van der Waals surface area contributed by atoms with E-state index in [2.05, 4.69) is 22.5 Å². The molecule has 1 aromatic carbocycles. The molecular weight excluding hydrogens is 564 g/mol. The van der Waals surface area contributed by atoms with Crippen LogP contribution in [-0.2, 0) is 35.1 Å². The predicted octanol–water partition coefficient (Wildman–Crippen LogP) is 3.26. The van der Waals surface area contributed by atoms with E-state index in [1.165, 1.54) is 4.90 Å². The first kappa shape index (κ1) is 36.2. The zero-order chi connectivity index (χ0) is 33.1. The number of alkyl carbamates (subject to hydrolysis) is 1. The molecule has 1 saturated heterocycles. The minimum Gasteiger partial charge on any atom is -0.444 e. The molecule has 0 radical (unpaired) electrons. The molecule has 1 unspecified atom stereocenters. The van der Waals surface area contributed by atoms with Gasteiger partial charge in [0.15, 0.2) is 5.78 Å². The first-order valence-electron chi connectivity index (χ1n) is 15.1. The fraction of sp³-hybridized carbons (Fsp3) is 0.576. The number of aryl methyl sites for hydroxylation is 1. The lowest BCUT2D eigenvalue weighted by Crippen LogP contribution is -2.59. The Bertz CT molecular complexity index is 1200. The lowest BCUT2D eigenvalue weighted by atomic mass is 9.85. The Morgan fingerprint density at radius 2 is 1.68 bits per heavy atom. The van der Waals surface area contributed by atoms with Crippen molar-refractivity contribution in [2.24, 2.45) is 5.41 Å². The Kier molecular flexibility index (Phi) is 13.3. The van der Waals surface area contributed by atoms with E-state index in [-0.39, 0.29) is 31.7 Å². The van der Waals surface area contributed by atoms with Crippen LogP contribution in [0.1, 0.15) is 79.2 Å². The Morgan fingerprint density at radius 1 is 1.02 bits per heavy atom. The highest BCUT2D eigenvalue weighted by atomic mass is 16.6. The first-order valence-corrected chi connectivity index (χ1v) is 15.1. The van der Waals surface area contributed by atoms with E-state index in [0.717, 1.165) is 5.56 Å². The number of Topliss-reactive ketones (excluding diaryl/α,β-unsaturated/α-hetero) is 2. The summed E-state index contributed by atoms with van der Waals surface area (Å²) in [5.41, 5.74) is -0.471. The van der Waals surface area contributed by atoms with Crippen molar-refractivity contribution in [1.82, 2.24) is 20.9 Å². The average molecular weight is 613 g/mol. The van der Waals surface area contributed by atoms with Crippen molar-refractivity contribution < 1.29 is 33.5 Å². The van der Waals surface area contributed by atoms with Crippen molar-refractivity contribution in [3.63, 3.8) is 0 Å². The van der Waals surface area contributed by atoms with E-state index < -0.39 is 58.7 Å². The third-order valence-electron chi connectivity index (χ3n) is 7.11. The molecule has 0 spiro atoms. The van der Waals surface area contributed by atoms with Gasteiger partial charge in [0.05, 0.1) is 12.6 Å². The van der Waals surface area contributed by atoms with Gasteiger partial charge in [-0.1, -0.05) is 57.2 Å². The van der Waals surface area contributed by atoms with Crippen molar-refractivity contribution in [3.8, 4) is 0 Å². The molecule has 1 fully saturated rings. The molecule has 2 rings (SSSR count). The van der Waals surface area contributed by atoms with Gasteiger partial charge in [0.2, 0.25) is 17.6 Å². The molecule has 1 aliphatic heterocycles. The third kappa shape index (κ3) is 11.6. The minimum absolute atomic E-state index is 0.120. The van der Waals surface area contributed by atoms with Gasteiger partial charge >= 0.3 is 6.09 Å². The standard InChI is InChI=1S/C33H48N4O7/c1-8-9-16-24(26(39)29(41)34-21-23(38)19-18-22-14-11-10-12-15-22)35-28(40)25-17-13-20-37(25)30(42)27(32(2,3)4)36-31(43)44-33(5,6)7/h8,10-12,14-15,24-25,27H,1,9,13,16-21H2,2-7H3,(H,34,41)(H,35,40)(H,36,43)/t24?,25-,27+/m0/s1. The van der Waals surface area contributed by atoms with Gasteiger partial charge in [0.1, 0.15) is 17.7 Å². The molecule has 1 heterocycles. The van der Waals surface area contributed by atoms with Crippen LogP contribution in [0.4, 0.5) is 4.79 Å². The molecule has 1 aliphatic rings. The second-order valence-corrected chi connectivity index (χ2v) is 13.1. The summed E-state index contributed by atoms with van der Waals surface area (Å²) in [5, 5.41) is 7.70. The normalized spacial score (nSPS) is 16.3. The summed E-state index contributed by atoms with van der Waals surface area (Å²) in [6.07, 6.45) is 2.91. The summed E-state index contributed by atoms with van der Waals surface area (Å²) >= 11 is 0. The van der Waals surface area contributed by atoms with Crippen LogP contribution in [0.2, 0.25) is 0 Å². The number of carbonyl (C=O) groups excluding carboxylic acids is 6. The highest BCUT2D eigenvalue weighted by Gasteiger charge is 2.43. The van der Waals surface area contributed by atoms with Crippen LogP contribution in [0.25, 0.3) is 0 Å². The van der Waals surface area contributed by atoms with Gasteiger partial charge in [-0.25, -0.2) is 4.79 Å². The van der Waals surface area contributed by atoms with Crippen LogP contribution in [0.5, 0.6) is 0 Å². The number of carbonyl (C=O) groups is 6. The van der Waals surface area contributed by atoms with Gasteiger partial charge in [-0.3, -0.25) is 24.0 Å². The number of likely N-dealkylation sites (tertiary alicyclic amines) is 1. The number of hydrogen-bond acceptors (Lipinski definition) is 7. The van der Waals surface area contributed by atoms with E-state index in [1.807, 2.05) is 30.3 Å². The van der Waals surface area contributed by atoms with Gasteiger partial charge < -0.3 is 25.6 Å². The Hall–Kier alpha value is -4.02. The van der Waals surface area contributed by atoms with E-state index in [4.69, 9.17) is 4.74 Å². The van der Waals surface area contributed by atoms with Crippen LogP contribution in [0.3, 0.4) is 0 Å². The van der Waals surface area contributed by atoms with Crippen LogP contribution in [0.15, 0.2) is 43.0 Å². The molecule has 4 amide bonds.